The first-order valence-corrected chi connectivity index (χ1v) is 7.82. The molecule has 1 aliphatic heterocycles. The molecule has 6 heteroatoms. The maximum atomic E-state index is 13.4. The molecule has 2 rings (SSSR count). The molecule has 1 fully saturated rings. The summed E-state index contributed by atoms with van der Waals surface area (Å²) in [5, 5.41) is 6.06. The number of nitrogens with one attached hydrogen (secondary N) is 2. The molecule has 0 aliphatic carbocycles. The van der Waals surface area contributed by atoms with Gasteiger partial charge in [0.2, 0.25) is 5.91 Å². The largest absolute Gasteiger partial charge is 0.356 e. The minimum atomic E-state index is -0.587. The zero-order valence-corrected chi connectivity index (χ0v) is 11.9. The highest BCUT2D eigenvalue weighted by molar-refractivity contribution is 7.99. The maximum Gasteiger partial charge on any atom is 0.221 e. The van der Waals surface area contributed by atoms with Crippen LogP contribution in [-0.2, 0) is 11.2 Å². The van der Waals surface area contributed by atoms with Gasteiger partial charge >= 0.3 is 0 Å². The summed E-state index contributed by atoms with van der Waals surface area (Å²) in [4.78, 5) is 11.7. The lowest BCUT2D eigenvalue weighted by Gasteiger charge is -2.22. The maximum absolute atomic E-state index is 13.4. The van der Waals surface area contributed by atoms with Crippen molar-refractivity contribution in [1.29, 1.82) is 0 Å². The first-order valence-electron chi connectivity index (χ1n) is 6.67. The van der Waals surface area contributed by atoms with Gasteiger partial charge in [-0.25, -0.2) is 8.78 Å². The second kappa shape index (κ2) is 7.59. The van der Waals surface area contributed by atoms with E-state index in [4.69, 9.17) is 0 Å². The number of thioether (sulfide) groups is 1. The molecule has 1 aromatic rings. The van der Waals surface area contributed by atoms with Crippen molar-refractivity contribution in [2.24, 2.45) is 0 Å². The zero-order chi connectivity index (χ0) is 14.4. The third-order valence-electron chi connectivity index (χ3n) is 3.16. The number of halogens is 2. The second-order valence-corrected chi connectivity index (χ2v) is 5.92. The van der Waals surface area contributed by atoms with Crippen molar-refractivity contribution in [1.82, 2.24) is 10.6 Å². The molecule has 0 spiro atoms. The van der Waals surface area contributed by atoms with Gasteiger partial charge in [0.25, 0.3) is 0 Å². The van der Waals surface area contributed by atoms with Crippen LogP contribution in [0, 0.1) is 11.6 Å². The second-order valence-electron chi connectivity index (χ2n) is 4.77. The van der Waals surface area contributed by atoms with E-state index in [-0.39, 0.29) is 11.9 Å². The molecule has 0 unspecified atom stereocenters. The lowest BCUT2D eigenvalue weighted by Crippen LogP contribution is -2.41. The summed E-state index contributed by atoms with van der Waals surface area (Å²) >= 11 is 1.84. The van der Waals surface area contributed by atoms with Crippen LogP contribution in [0.5, 0.6) is 0 Å². The van der Waals surface area contributed by atoms with Gasteiger partial charge in [-0.1, -0.05) is 6.07 Å². The first-order chi connectivity index (χ1) is 9.65. The molecular formula is C14H18F2N2OS. The van der Waals surface area contributed by atoms with Crippen molar-refractivity contribution in [2.45, 2.75) is 18.9 Å². The van der Waals surface area contributed by atoms with Crippen molar-refractivity contribution in [3.05, 3.63) is 35.4 Å². The smallest absolute Gasteiger partial charge is 0.221 e. The Kier molecular flexibility index (Phi) is 5.79. The Morgan fingerprint density at radius 1 is 1.45 bits per heavy atom. The fraction of sp³-hybridized carbons (Fsp3) is 0.500. The molecular weight excluding hydrogens is 282 g/mol. The highest BCUT2D eigenvalue weighted by Gasteiger charge is 2.16. The van der Waals surface area contributed by atoms with Crippen LogP contribution in [0.15, 0.2) is 18.2 Å². The van der Waals surface area contributed by atoms with Crippen molar-refractivity contribution in [3.8, 4) is 0 Å². The molecule has 0 radical (unpaired) electrons. The van der Waals surface area contributed by atoms with Gasteiger partial charge in [0.1, 0.15) is 11.6 Å². The molecule has 0 saturated carbocycles. The Balaban J connectivity index is 1.70. The number of carbonyl (C=O) groups excluding carboxylic acids is 1. The Bertz CT molecular complexity index is 464. The third kappa shape index (κ3) is 4.76. The van der Waals surface area contributed by atoms with Gasteiger partial charge < -0.3 is 10.6 Å². The number of rotatable bonds is 5. The van der Waals surface area contributed by atoms with Crippen LogP contribution in [0.3, 0.4) is 0 Å². The number of carbonyl (C=O) groups is 1. The topological polar surface area (TPSA) is 41.1 Å². The van der Waals surface area contributed by atoms with Gasteiger partial charge in [-0.3, -0.25) is 4.79 Å². The summed E-state index contributed by atoms with van der Waals surface area (Å²) in [6.07, 6.45) is 0.809. The fourth-order valence-electron chi connectivity index (χ4n) is 2.11. The van der Waals surface area contributed by atoms with Gasteiger partial charge in [0.15, 0.2) is 0 Å². The van der Waals surface area contributed by atoms with E-state index in [0.29, 0.717) is 24.9 Å². The fourth-order valence-corrected chi connectivity index (χ4v) is 3.06. The van der Waals surface area contributed by atoms with Crippen LogP contribution in [-0.4, -0.2) is 36.5 Å². The summed E-state index contributed by atoms with van der Waals surface area (Å²) < 4.78 is 26.1. The highest BCUT2D eigenvalue weighted by atomic mass is 32.2. The predicted molar refractivity (Wildman–Crippen MR) is 76.8 cm³/mol. The molecule has 1 saturated heterocycles. The average molecular weight is 300 g/mol. The van der Waals surface area contributed by atoms with Crippen LogP contribution < -0.4 is 10.6 Å². The van der Waals surface area contributed by atoms with Gasteiger partial charge in [0.05, 0.1) is 0 Å². The Hall–Kier alpha value is -1.14. The standard InChI is InChI=1S/C14H18F2N2OS/c15-11-2-1-10(13(16)7-11)3-4-18-14(19)8-12-9-20-6-5-17-12/h1-2,7,12,17H,3-6,8-9H2,(H,18,19)/t12-/m0/s1. The van der Waals surface area contributed by atoms with Crippen molar-refractivity contribution in [3.63, 3.8) is 0 Å². The molecule has 3 nitrogen and oxygen atoms in total. The van der Waals surface area contributed by atoms with E-state index in [1.54, 1.807) is 0 Å². The van der Waals surface area contributed by atoms with Crippen LogP contribution in [0.25, 0.3) is 0 Å². The highest BCUT2D eigenvalue weighted by Crippen LogP contribution is 2.11. The van der Waals surface area contributed by atoms with E-state index >= 15 is 0 Å². The van der Waals surface area contributed by atoms with Gasteiger partial charge in [-0.05, 0) is 18.1 Å². The molecule has 1 amide bonds. The summed E-state index contributed by atoms with van der Waals surface area (Å²) in [6, 6.07) is 3.72. The van der Waals surface area contributed by atoms with Crippen LogP contribution in [0.2, 0.25) is 0 Å². The molecule has 2 N–H and O–H groups in total. The SMILES string of the molecule is O=C(C[C@H]1CSCCN1)NCCc1ccc(F)cc1F. The zero-order valence-electron chi connectivity index (χ0n) is 11.1. The number of amides is 1. The van der Waals surface area contributed by atoms with E-state index in [9.17, 15) is 13.6 Å². The number of hydrogen-bond acceptors (Lipinski definition) is 3. The summed E-state index contributed by atoms with van der Waals surface area (Å²) in [7, 11) is 0. The summed E-state index contributed by atoms with van der Waals surface area (Å²) in [6.45, 7) is 1.30. The van der Waals surface area contributed by atoms with E-state index < -0.39 is 11.6 Å². The van der Waals surface area contributed by atoms with Crippen LogP contribution in [0.4, 0.5) is 8.78 Å². The molecule has 1 heterocycles. The van der Waals surface area contributed by atoms with E-state index in [1.165, 1.54) is 12.1 Å². The molecule has 0 bridgehead atoms. The third-order valence-corrected chi connectivity index (χ3v) is 4.29. The average Bonchev–Trinajstić information content (AvgIpc) is 2.42. The lowest BCUT2D eigenvalue weighted by molar-refractivity contribution is -0.121. The Morgan fingerprint density at radius 2 is 2.30 bits per heavy atom. The first kappa shape index (κ1) is 15.3. The lowest BCUT2D eigenvalue weighted by atomic mass is 10.1. The van der Waals surface area contributed by atoms with E-state index in [0.717, 1.165) is 24.1 Å². The molecule has 1 atom stereocenters. The summed E-state index contributed by atoms with van der Waals surface area (Å²) in [5.41, 5.74) is 0.415. The van der Waals surface area contributed by atoms with Crippen LogP contribution >= 0.6 is 11.8 Å². The minimum Gasteiger partial charge on any atom is -0.356 e. The van der Waals surface area contributed by atoms with E-state index in [1.807, 2.05) is 11.8 Å². The number of hydrogen-bond donors (Lipinski definition) is 2. The molecule has 1 aliphatic rings. The molecule has 0 aromatic heterocycles. The quantitative estimate of drug-likeness (QED) is 0.870. The number of benzene rings is 1. The Morgan fingerprint density at radius 3 is 3.00 bits per heavy atom. The summed E-state index contributed by atoms with van der Waals surface area (Å²) in [5.74, 6) is 0.843. The normalized spacial score (nSPS) is 18.8. The van der Waals surface area contributed by atoms with Gasteiger partial charge in [-0.2, -0.15) is 11.8 Å². The van der Waals surface area contributed by atoms with E-state index in [2.05, 4.69) is 10.6 Å². The van der Waals surface area contributed by atoms with Gasteiger partial charge in [0, 0.05) is 43.1 Å². The van der Waals surface area contributed by atoms with Crippen molar-refractivity contribution in [2.75, 3.05) is 24.6 Å². The van der Waals surface area contributed by atoms with Crippen molar-refractivity contribution < 1.29 is 13.6 Å². The molecule has 20 heavy (non-hydrogen) atoms. The molecule has 1 aromatic carbocycles. The Labute approximate surface area is 121 Å². The minimum absolute atomic E-state index is 0.0347. The van der Waals surface area contributed by atoms with Crippen LogP contribution in [0.1, 0.15) is 12.0 Å². The predicted octanol–water partition coefficient (Wildman–Crippen LogP) is 1.72. The molecule has 110 valence electrons. The van der Waals surface area contributed by atoms with Gasteiger partial charge in [-0.15, -0.1) is 0 Å². The monoisotopic (exact) mass is 300 g/mol. The van der Waals surface area contributed by atoms with Crippen molar-refractivity contribution >= 4 is 17.7 Å².